The van der Waals surface area contributed by atoms with Gasteiger partial charge in [0.1, 0.15) is 5.54 Å². The fraction of sp³-hybridized carbons (Fsp3) is 0.917. The minimum atomic E-state index is -0.275. The summed E-state index contributed by atoms with van der Waals surface area (Å²) < 4.78 is 5.65. The summed E-state index contributed by atoms with van der Waals surface area (Å²) in [5, 5.41) is 9.44. The van der Waals surface area contributed by atoms with Crippen LogP contribution in [0.25, 0.3) is 0 Å². The second-order valence-corrected chi connectivity index (χ2v) is 4.17. The van der Waals surface area contributed by atoms with Crippen LogP contribution in [-0.2, 0) is 4.74 Å². The van der Waals surface area contributed by atoms with Crippen molar-refractivity contribution >= 4 is 0 Å². The SMILES string of the molecule is CCC1CC(C#N)(N(CC)CC)CCO1. The molecule has 0 bridgehead atoms. The van der Waals surface area contributed by atoms with Gasteiger partial charge in [0.05, 0.1) is 12.2 Å². The first-order valence-electron chi connectivity index (χ1n) is 6.00. The second-order valence-electron chi connectivity index (χ2n) is 4.17. The summed E-state index contributed by atoms with van der Waals surface area (Å²) in [5.41, 5.74) is -0.275. The summed E-state index contributed by atoms with van der Waals surface area (Å²) >= 11 is 0. The molecule has 0 aromatic rings. The van der Waals surface area contributed by atoms with Gasteiger partial charge in [0.15, 0.2) is 0 Å². The van der Waals surface area contributed by atoms with Gasteiger partial charge < -0.3 is 4.74 Å². The summed E-state index contributed by atoms with van der Waals surface area (Å²) in [5.74, 6) is 0. The second kappa shape index (κ2) is 5.48. The molecule has 1 aliphatic rings. The highest BCUT2D eigenvalue weighted by Gasteiger charge is 2.40. The molecule has 86 valence electrons. The van der Waals surface area contributed by atoms with Gasteiger partial charge in [0.2, 0.25) is 0 Å². The third-order valence-electron chi connectivity index (χ3n) is 3.47. The van der Waals surface area contributed by atoms with Gasteiger partial charge in [-0.15, -0.1) is 0 Å². The number of nitrogens with zero attached hydrogens (tertiary/aromatic N) is 2. The van der Waals surface area contributed by atoms with Gasteiger partial charge in [-0.25, -0.2) is 0 Å². The van der Waals surface area contributed by atoms with Crippen molar-refractivity contribution in [3.05, 3.63) is 0 Å². The number of hydrogen-bond donors (Lipinski definition) is 0. The van der Waals surface area contributed by atoms with Gasteiger partial charge in [-0.1, -0.05) is 20.8 Å². The number of ether oxygens (including phenoxy) is 1. The van der Waals surface area contributed by atoms with E-state index in [1.165, 1.54) is 0 Å². The fourth-order valence-electron chi connectivity index (χ4n) is 2.48. The van der Waals surface area contributed by atoms with E-state index in [2.05, 4.69) is 31.7 Å². The van der Waals surface area contributed by atoms with Crippen molar-refractivity contribution in [3.63, 3.8) is 0 Å². The van der Waals surface area contributed by atoms with E-state index in [4.69, 9.17) is 4.74 Å². The quantitative estimate of drug-likeness (QED) is 0.713. The Morgan fingerprint density at radius 1 is 1.40 bits per heavy atom. The van der Waals surface area contributed by atoms with Crippen molar-refractivity contribution < 1.29 is 4.74 Å². The molecule has 0 spiro atoms. The van der Waals surface area contributed by atoms with E-state index in [1.807, 2.05) is 0 Å². The van der Waals surface area contributed by atoms with E-state index < -0.39 is 0 Å². The summed E-state index contributed by atoms with van der Waals surface area (Å²) in [6, 6.07) is 2.53. The minimum absolute atomic E-state index is 0.263. The fourth-order valence-corrected chi connectivity index (χ4v) is 2.48. The van der Waals surface area contributed by atoms with E-state index in [0.717, 1.165) is 39.0 Å². The largest absolute Gasteiger partial charge is 0.378 e. The first-order valence-corrected chi connectivity index (χ1v) is 6.00. The van der Waals surface area contributed by atoms with Crippen LogP contribution in [0.3, 0.4) is 0 Å². The lowest BCUT2D eigenvalue weighted by Crippen LogP contribution is -2.53. The number of nitriles is 1. The van der Waals surface area contributed by atoms with E-state index in [1.54, 1.807) is 0 Å². The third kappa shape index (κ3) is 2.50. The van der Waals surface area contributed by atoms with Crippen molar-refractivity contribution in [3.8, 4) is 6.07 Å². The Balaban J connectivity index is 2.79. The molecule has 0 N–H and O–H groups in total. The molecule has 1 rings (SSSR count). The molecule has 0 amide bonds. The maximum absolute atomic E-state index is 9.44. The van der Waals surface area contributed by atoms with Gasteiger partial charge >= 0.3 is 0 Å². The van der Waals surface area contributed by atoms with Crippen LogP contribution in [-0.4, -0.2) is 36.2 Å². The van der Waals surface area contributed by atoms with Crippen LogP contribution in [0.2, 0.25) is 0 Å². The van der Waals surface area contributed by atoms with Gasteiger partial charge in [0.25, 0.3) is 0 Å². The third-order valence-corrected chi connectivity index (χ3v) is 3.47. The molecule has 1 heterocycles. The van der Waals surface area contributed by atoms with E-state index >= 15 is 0 Å². The Bertz CT molecular complexity index is 232. The molecule has 1 aliphatic heterocycles. The van der Waals surface area contributed by atoms with Gasteiger partial charge in [0, 0.05) is 19.4 Å². The van der Waals surface area contributed by atoms with Crippen molar-refractivity contribution in [2.75, 3.05) is 19.7 Å². The molecular formula is C12H22N2O. The Morgan fingerprint density at radius 2 is 2.07 bits per heavy atom. The van der Waals surface area contributed by atoms with Gasteiger partial charge in [-0.3, -0.25) is 4.90 Å². The number of rotatable bonds is 4. The van der Waals surface area contributed by atoms with Crippen LogP contribution in [0.4, 0.5) is 0 Å². The maximum Gasteiger partial charge on any atom is 0.113 e. The Morgan fingerprint density at radius 3 is 2.53 bits per heavy atom. The van der Waals surface area contributed by atoms with Crippen molar-refractivity contribution in [1.82, 2.24) is 4.90 Å². The molecule has 0 aromatic heterocycles. The van der Waals surface area contributed by atoms with Crippen molar-refractivity contribution in [2.24, 2.45) is 0 Å². The van der Waals surface area contributed by atoms with E-state index in [9.17, 15) is 5.26 Å². The zero-order valence-electron chi connectivity index (χ0n) is 10.1. The molecular weight excluding hydrogens is 188 g/mol. The molecule has 3 nitrogen and oxygen atoms in total. The lowest BCUT2D eigenvalue weighted by molar-refractivity contribution is -0.0510. The maximum atomic E-state index is 9.44. The van der Waals surface area contributed by atoms with Crippen LogP contribution in [0, 0.1) is 11.3 Å². The van der Waals surface area contributed by atoms with E-state index in [0.29, 0.717) is 0 Å². The summed E-state index contributed by atoms with van der Waals surface area (Å²) in [7, 11) is 0. The summed E-state index contributed by atoms with van der Waals surface area (Å²) in [4.78, 5) is 2.28. The summed E-state index contributed by atoms with van der Waals surface area (Å²) in [6.07, 6.45) is 2.98. The lowest BCUT2D eigenvalue weighted by atomic mass is 9.85. The smallest absolute Gasteiger partial charge is 0.113 e. The highest BCUT2D eigenvalue weighted by atomic mass is 16.5. The van der Waals surface area contributed by atoms with Gasteiger partial charge in [-0.05, 0) is 19.5 Å². The number of hydrogen-bond acceptors (Lipinski definition) is 3. The van der Waals surface area contributed by atoms with Crippen molar-refractivity contribution in [2.45, 2.75) is 51.7 Å². The lowest BCUT2D eigenvalue weighted by Gasteiger charge is -2.43. The first-order chi connectivity index (χ1) is 7.22. The highest BCUT2D eigenvalue weighted by Crippen LogP contribution is 2.31. The molecule has 15 heavy (non-hydrogen) atoms. The zero-order valence-corrected chi connectivity index (χ0v) is 10.1. The highest BCUT2D eigenvalue weighted by molar-refractivity contribution is 5.10. The Labute approximate surface area is 93.0 Å². The monoisotopic (exact) mass is 210 g/mol. The normalized spacial score (nSPS) is 31.5. The topological polar surface area (TPSA) is 36.3 Å². The predicted octanol–water partition coefficient (Wildman–Crippen LogP) is 2.18. The average molecular weight is 210 g/mol. The summed E-state index contributed by atoms with van der Waals surface area (Å²) in [6.45, 7) is 8.99. The molecule has 3 heteroatoms. The van der Waals surface area contributed by atoms with E-state index in [-0.39, 0.29) is 11.6 Å². The standard InChI is InChI=1S/C12H22N2O/c1-4-11-9-12(10-13,7-8-15-11)14(5-2)6-3/h11H,4-9H2,1-3H3. The molecule has 0 saturated carbocycles. The van der Waals surface area contributed by atoms with Gasteiger partial charge in [-0.2, -0.15) is 5.26 Å². The zero-order chi connectivity index (χ0) is 11.3. The average Bonchev–Trinajstić information content (AvgIpc) is 2.30. The molecule has 2 atom stereocenters. The predicted molar refractivity (Wildman–Crippen MR) is 60.5 cm³/mol. The Hall–Kier alpha value is -0.590. The molecule has 1 fully saturated rings. The van der Waals surface area contributed by atoms with Crippen LogP contribution in [0.5, 0.6) is 0 Å². The minimum Gasteiger partial charge on any atom is -0.378 e. The van der Waals surface area contributed by atoms with Crippen LogP contribution < -0.4 is 0 Å². The van der Waals surface area contributed by atoms with Crippen LogP contribution in [0.1, 0.15) is 40.0 Å². The Kier molecular flexibility index (Phi) is 4.56. The molecule has 0 aliphatic carbocycles. The van der Waals surface area contributed by atoms with Crippen molar-refractivity contribution in [1.29, 1.82) is 5.26 Å². The van der Waals surface area contributed by atoms with Crippen LogP contribution >= 0.6 is 0 Å². The van der Waals surface area contributed by atoms with Crippen LogP contribution in [0.15, 0.2) is 0 Å². The molecule has 2 unspecified atom stereocenters. The molecule has 0 aromatic carbocycles. The molecule has 1 saturated heterocycles. The first kappa shape index (κ1) is 12.5. The molecule has 0 radical (unpaired) electrons.